The first-order valence-corrected chi connectivity index (χ1v) is 7.33. The maximum absolute atomic E-state index is 12.0. The van der Waals surface area contributed by atoms with Crippen LogP contribution in [-0.2, 0) is 0 Å². The van der Waals surface area contributed by atoms with E-state index in [4.69, 9.17) is 0 Å². The first-order chi connectivity index (χ1) is 8.56. The van der Waals surface area contributed by atoms with Crippen LogP contribution in [0, 0.1) is 11.8 Å². The Morgan fingerprint density at radius 1 is 1.50 bits per heavy atom. The molecule has 0 radical (unpaired) electrons. The molecule has 18 heavy (non-hydrogen) atoms. The van der Waals surface area contributed by atoms with Gasteiger partial charge in [0.1, 0.15) is 0 Å². The number of carbonyl (C=O) groups is 1. The summed E-state index contributed by atoms with van der Waals surface area (Å²) in [6.07, 6.45) is 1.96. The van der Waals surface area contributed by atoms with Crippen molar-refractivity contribution >= 4 is 21.7 Å². The highest BCUT2D eigenvalue weighted by molar-refractivity contribution is 9.10. The molecule has 0 bridgehead atoms. The lowest BCUT2D eigenvalue weighted by Gasteiger charge is -2.15. The fourth-order valence-corrected chi connectivity index (χ4v) is 2.64. The summed E-state index contributed by atoms with van der Waals surface area (Å²) >= 11 is 3.40. The van der Waals surface area contributed by atoms with Crippen LogP contribution in [0.15, 0.2) is 28.7 Å². The lowest BCUT2D eigenvalue weighted by Crippen LogP contribution is -2.24. The van der Waals surface area contributed by atoms with Crippen molar-refractivity contribution in [1.29, 1.82) is 0 Å². The first-order valence-electron chi connectivity index (χ1n) is 6.53. The summed E-state index contributed by atoms with van der Waals surface area (Å²) in [5, 5.41) is 0. The number of ketones is 1. The monoisotopic (exact) mass is 309 g/mol. The minimum atomic E-state index is 0.229. The van der Waals surface area contributed by atoms with Gasteiger partial charge in [-0.25, -0.2) is 0 Å². The van der Waals surface area contributed by atoms with Crippen LogP contribution < -0.4 is 0 Å². The van der Waals surface area contributed by atoms with Crippen LogP contribution in [0.5, 0.6) is 0 Å². The molecule has 2 unspecified atom stereocenters. The molecule has 0 spiro atoms. The molecule has 0 saturated heterocycles. The van der Waals surface area contributed by atoms with Gasteiger partial charge in [0.05, 0.1) is 0 Å². The van der Waals surface area contributed by atoms with Crippen LogP contribution in [0.2, 0.25) is 0 Å². The SMILES string of the molecule is CC1CC1CN(C)CCC(=O)c1cccc(Br)c1. The Balaban J connectivity index is 1.77. The number of carbonyl (C=O) groups excluding carboxylic acids is 1. The van der Waals surface area contributed by atoms with E-state index in [2.05, 4.69) is 34.8 Å². The number of hydrogen-bond donors (Lipinski definition) is 0. The molecular weight excluding hydrogens is 290 g/mol. The molecule has 1 aromatic rings. The van der Waals surface area contributed by atoms with E-state index in [1.165, 1.54) is 6.42 Å². The summed E-state index contributed by atoms with van der Waals surface area (Å²) in [6, 6.07) is 7.63. The Morgan fingerprint density at radius 3 is 2.83 bits per heavy atom. The predicted molar refractivity (Wildman–Crippen MR) is 77.9 cm³/mol. The molecule has 2 atom stereocenters. The van der Waals surface area contributed by atoms with Gasteiger partial charge in [0.15, 0.2) is 5.78 Å². The summed E-state index contributed by atoms with van der Waals surface area (Å²) in [4.78, 5) is 14.3. The molecule has 0 aliphatic heterocycles. The van der Waals surface area contributed by atoms with Crippen molar-refractivity contribution in [2.45, 2.75) is 19.8 Å². The largest absolute Gasteiger partial charge is 0.306 e. The Kier molecular flexibility index (Phi) is 4.57. The zero-order chi connectivity index (χ0) is 13.1. The molecule has 2 nitrogen and oxygen atoms in total. The van der Waals surface area contributed by atoms with Gasteiger partial charge in [-0.3, -0.25) is 4.79 Å². The van der Waals surface area contributed by atoms with Crippen molar-refractivity contribution in [2.75, 3.05) is 20.1 Å². The van der Waals surface area contributed by atoms with Crippen molar-refractivity contribution in [3.05, 3.63) is 34.3 Å². The van der Waals surface area contributed by atoms with Crippen molar-refractivity contribution in [1.82, 2.24) is 4.90 Å². The Morgan fingerprint density at radius 2 is 2.22 bits per heavy atom. The third-order valence-corrected chi connectivity index (χ3v) is 4.18. The highest BCUT2D eigenvalue weighted by Gasteiger charge is 2.32. The number of halogens is 1. The molecule has 98 valence electrons. The lowest BCUT2D eigenvalue weighted by atomic mass is 10.1. The Labute approximate surface area is 117 Å². The van der Waals surface area contributed by atoms with Gasteiger partial charge in [0.2, 0.25) is 0 Å². The van der Waals surface area contributed by atoms with Crippen molar-refractivity contribution in [3.63, 3.8) is 0 Å². The van der Waals surface area contributed by atoms with E-state index in [9.17, 15) is 4.79 Å². The van der Waals surface area contributed by atoms with Crippen LogP contribution in [0.25, 0.3) is 0 Å². The van der Waals surface area contributed by atoms with Gasteiger partial charge < -0.3 is 4.90 Å². The van der Waals surface area contributed by atoms with Gasteiger partial charge in [0, 0.05) is 29.5 Å². The number of rotatable bonds is 6. The van der Waals surface area contributed by atoms with E-state index in [0.29, 0.717) is 6.42 Å². The highest BCUT2D eigenvalue weighted by Crippen LogP contribution is 2.37. The normalized spacial score (nSPS) is 22.2. The van der Waals surface area contributed by atoms with Gasteiger partial charge in [-0.15, -0.1) is 0 Å². The highest BCUT2D eigenvalue weighted by atomic mass is 79.9. The van der Waals surface area contributed by atoms with Gasteiger partial charge >= 0.3 is 0 Å². The van der Waals surface area contributed by atoms with Gasteiger partial charge in [-0.05, 0) is 37.4 Å². The molecular formula is C15H20BrNO. The molecule has 3 heteroatoms. The third kappa shape index (κ3) is 3.92. The summed E-state index contributed by atoms with van der Waals surface area (Å²) in [5.41, 5.74) is 0.803. The second-order valence-electron chi connectivity index (χ2n) is 5.42. The molecule has 0 heterocycles. The van der Waals surface area contributed by atoms with Crippen LogP contribution in [0.4, 0.5) is 0 Å². The fourth-order valence-electron chi connectivity index (χ4n) is 2.24. The predicted octanol–water partition coefficient (Wildman–Crippen LogP) is 3.61. The summed E-state index contributed by atoms with van der Waals surface area (Å²) < 4.78 is 0.966. The molecule has 0 amide bonds. The molecule has 2 rings (SSSR count). The summed E-state index contributed by atoms with van der Waals surface area (Å²) in [7, 11) is 2.11. The summed E-state index contributed by atoms with van der Waals surface area (Å²) in [6.45, 7) is 4.28. The van der Waals surface area contributed by atoms with Crippen LogP contribution in [0.3, 0.4) is 0 Å². The maximum Gasteiger partial charge on any atom is 0.164 e. The van der Waals surface area contributed by atoms with Gasteiger partial charge in [-0.2, -0.15) is 0 Å². The molecule has 0 aromatic heterocycles. The molecule has 1 aliphatic carbocycles. The van der Waals surface area contributed by atoms with E-state index < -0.39 is 0 Å². The van der Waals surface area contributed by atoms with Crippen molar-refractivity contribution < 1.29 is 4.79 Å². The standard InChI is InChI=1S/C15H20BrNO/c1-11-8-13(11)10-17(2)7-6-15(18)12-4-3-5-14(16)9-12/h3-5,9,11,13H,6-8,10H2,1-2H3. The molecule has 1 saturated carbocycles. The van der Waals surface area contributed by atoms with E-state index in [1.54, 1.807) is 0 Å². The number of Topliss-reactive ketones (excluding diaryl/α,β-unsaturated/α-hetero) is 1. The number of nitrogens with zero attached hydrogens (tertiary/aromatic N) is 1. The average molecular weight is 310 g/mol. The maximum atomic E-state index is 12.0. The van der Waals surface area contributed by atoms with Crippen LogP contribution in [-0.4, -0.2) is 30.8 Å². The summed E-state index contributed by atoms with van der Waals surface area (Å²) in [5.74, 6) is 1.97. The quantitative estimate of drug-likeness (QED) is 0.748. The van der Waals surface area contributed by atoms with Gasteiger partial charge in [-0.1, -0.05) is 35.0 Å². The Hall–Kier alpha value is -0.670. The minimum Gasteiger partial charge on any atom is -0.306 e. The molecule has 0 N–H and O–H groups in total. The van der Waals surface area contributed by atoms with Crippen molar-refractivity contribution in [2.24, 2.45) is 11.8 Å². The molecule has 1 fully saturated rings. The zero-order valence-electron chi connectivity index (χ0n) is 11.0. The lowest BCUT2D eigenvalue weighted by molar-refractivity contribution is 0.0968. The minimum absolute atomic E-state index is 0.229. The second kappa shape index (κ2) is 5.98. The number of hydrogen-bond acceptors (Lipinski definition) is 2. The van der Waals surface area contributed by atoms with Crippen LogP contribution >= 0.6 is 15.9 Å². The number of benzene rings is 1. The smallest absolute Gasteiger partial charge is 0.164 e. The second-order valence-corrected chi connectivity index (χ2v) is 6.33. The van der Waals surface area contributed by atoms with E-state index in [1.807, 2.05) is 24.3 Å². The Bertz CT molecular complexity index is 432. The van der Waals surface area contributed by atoms with E-state index in [0.717, 1.165) is 35.0 Å². The first kappa shape index (κ1) is 13.8. The van der Waals surface area contributed by atoms with E-state index >= 15 is 0 Å². The fraction of sp³-hybridized carbons (Fsp3) is 0.533. The molecule has 1 aliphatic rings. The van der Waals surface area contributed by atoms with Crippen LogP contribution in [0.1, 0.15) is 30.1 Å². The van der Waals surface area contributed by atoms with Gasteiger partial charge in [0.25, 0.3) is 0 Å². The topological polar surface area (TPSA) is 20.3 Å². The molecule has 1 aromatic carbocycles. The van der Waals surface area contributed by atoms with E-state index in [-0.39, 0.29) is 5.78 Å². The van der Waals surface area contributed by atoms with Crippen molar-refractivity contribution in [3.8, 4) is 0 Å². The zero-order valence-corrected chi connectivity index (χ0v) is 12.6. The third-order valence-electron chi connectivity index (χ3n) is 3.69. The average Bonchev–Trinajstić information content (AvgIpc) is 3.01.